The molecule has 3 rings (SSSR count). The smallest absolute Gasteiger partial charge is 0.312 e. The SMILES string of the molecule is CC(C)(C)c1ccc(O)c(CN(Cc2cc(C(C)(C)C)ccc2O[Si](C)(C)C(C)(C)C)C2CCC(NC(N)=O)CC2)c1. The Hall–Kier alpha value is -2.51. The lowest BCUT2D eigenvalue weighted by Gasteiger charge is -2.39. The van der Waals surface area contributed by atoms with E-state index in [2.05, 4.69) is 110 Å². The van der Waals surface area contributed by atoms with Crippen LogP contribution >= 0.6 is 0 Å². The number of carbonyl (C=O) groups excluding carboxylic acids is 1. The summed E-state index contributed by atoms with van der Waals surface area (Å²) in [5, 5.41) is 14.0. The molecule has 6 nitrogen and oxygen atoms in total. The Balaban J connectivity index is 2.05. The number of nitrogens with zero attached hydrogens (tertiary/aromatic N) is 1. The first kappa shape index (κ1) is 34.0. The molecule has 2 amide bonds. The van der Waals surface area contributed by atoms with Crippen LogP contribution in [0, 0.1) is 0 Å². The van der Waals surface area contributed by atoms with Crippen molar-refractivity contribution in [2.75, 3.05) is 0 Å². The highest BCUT2D eigenvalue weighted by atomic mass is 28.4. The number of phenols is 1. The van der Waals surface area contributed by atoms with Gasteiger partial charge in [-0.3, -0.25) is 4.90 Å². The molecule has 0 radical (unpaired) electrons. The normalized spacial score (nSPS) is 18.7. The Morgan fingerprint density at radius 1 is 0.881 bits per heavy atom. The zero-order chi connectivity index (χ0) is 31.7. The van der Waals surface area contributed by atoms with E-state index in [1.807, 2.05) is 12.1 Å². The fraction of sp³-hybridized carbons (Fsp3) is 0.629. The standard InChI is InChI=1S/C35H57N3O3Si/c1-33(2,3)26-12-18-30(39)24(20-26)22-38(29-16-14-28(15-17-29)37-32(36)40)23-25-21-27(34(4,5)6)13-19-31(25)41-42(10,11)35(7,8)9/h12-13,18-21,28-29,39H,14-17,22-23H2,1-11H3,(H3,36,37,40). The van der Waals surface area contributed by atoms with Gasteiger partial charge in [0.25, 0.3) is 0 Å². The summed E-state index contributed by atoms with van der Waals surface area (Å²) in [7, 11) is -2.08. The van der Waals surface area contributed by atoms with Crippen molar-refractivity contribution in [2.24, 2.45) is 5.73 Å². The Bertz CT molecular complexity index is 1230. The van der Waals surface area contributed by atoms with Gasteiger partial charge < -0.3 is 20.6 Å². The van der Waals surface area contributed by atoms with Gasteiger partial charge in [-0.15, -0.1) is 0 Å². The molecular formula is C35H57N3O3Si. The van der Waals surface area contributed by atoms with Crippen LogP contribution < -0.4 is 15.5 Å². The van der Waals surface area contributed by atoms with Gasteiger partial charge in [-0.05, 0) is 77.9 Å². The molecule has 0 spiro atoms. The molecule has 42 heavy (non-hydrogen) atoms. The number of urea groups is 1. The third kappa shape index (κ3) is 8.76. The molecule has 1 saturated carbocycles. The Morgan fingerprint density at radius 2 is 1.38 bits per heavy atom. The topological polar surface area (TPSA) is 87.8 Å². The first-order valence-electron chi connectivity index (χ1n) is 15.6. The minimum absolute atomic E-state index is 0.00683. The fourth-order valence-electron chi connectivity index (χ4n) is 5.41. The van der Waals surface area contributed by atoms with Crippen LogP contribution in [0.4, 0.5) is 4.79 Å². The quantitative estimate of drug-likeness (QED) is 0.268. The molecule has 7 heteroatoms. The van der Waals surface area contributed by atoms with Crippen molar-refractivity contribution >= 4 is 14.3 Å². The van der Waals surface area contributed by atoms with E-state index in [-0.39, 0.29) is 21.9 Å². The second-order valence-electron chi connectivity index (χ2n) is 15.9. The summed E-state index contributed by atoms with van der Waals surface area (Å²) in [5.74, 6) is 1.30. The van der Waals surface area contributed by atoms with E-state index in [4.69, 9.17) is 10.2 Å². The van der Waals surface area contributed by atoms with E-state index in [0.29, 0.717) is 24.9 Å². The number of aromatic hydroxyl groups is 1. The zero-order valence-corrected chi connectivity index (χ0v) is 29.1. The number of nitrogens with two attached hydrogens (primary N) is 1. The molecule has 0 saturated heterocycles. The first-order chi connectivity index (χ1) is 19.2. The maximum atomic E-state index is 11.5. The highest BCUT2D eigenvalue weighted by molar-refractivity contribution is 6.74. The van der Waals surface area contributed by atoms with Gasteiger partial charge in [-0.1, -0.05) is 86.6 Å². The second kappa shape index (κ2) is 12.6. The summed E-state index contributed by atoms with van der Waals surface area (Å²) in [6.45, 7) is 26.1. The molecule has 2 aromatic rings. The summed E-state index contributed by atoms with van der Waals surface area (Å²) < 4.78 is 6.95. The second-order valence-corrected chi connectivity index (χ2v) is 20.7. The summed E-state index contributed by atoms with van der Waals surface area (Å²) in [5.41, 5.74) is 10.1. The van der Waals surface area contributed by atoms with Gasteiger partial charge in [0.1, 0.15) is 11.5 Å². The van der Waals surface area contributed by atoms with Crippen LogP contribution in [-0.2, 0) is 23.9 Å². The van der Waals surface area contributed by atoms with Crippen LogP contribution in [0.5, 0.6) is 11.5 Å². The zero-order valence-electron chi connectivity index (χ0n) is 28.1. The van der Waals surface area contributed by atoms with E-state index in [1.54, 1.807) is 0 Å². The van der Waals surface area contributed by atoms with Crippen LogP contribution in [-0.4, -0.2) is 36.4 Å². The number of amides is 2. The number of nitrogens with one attached hydrogen (secondary N) is 1. The average molecular weight is 596 g/mol. The van der Waals surface area contributed by atoms with Gasteiger partial charge in [-0.2, -0.15) is 0 Å². The molecule has 1 fully saturated rings. The minimum Gasteiger partial charge on any atom is -0.543 e. The number of hydrogen-bond donors (Lipinski definition) is 3. The molecule has 1 aliphatic carbocycles. The van der Waals surface area contributed by atoms with Crippen molar-refractivity contribution < 1.29 is 14.3 Å². The molecule has 234 valence electrons. The van der Waals surface area contributed by atoms with Gasteiger partial charge in [-0.25, -0.2) is 4.79 Å². The van der Waals surface area contributed by atoms with Crippen molar-refractivity contribution in [3.8, 4) is 11.5 Å². The van der Waals surface area contributed by atoms with Gasteiger partial charge in [0.2, 0.25) is 8.32 Å². The summed E-state index contributed by atoms with van der Waals surface area (Å²) in [6, 6.07) is 12.7. The van der Waals surface area contributed by atoms with E-state index < -0.39 is 14.3 Å². The monoisotopic (exact) mass is 595 g/mol. The molecule has 4 N–H and O–H groups in total. The number of rotatable bonds is 8. The van der Waals surface area contributed by atoms with E-state index in [1.165, 1.54) is 16.7 Å². The number of phenolic OH excluding ortho intramolecular Hbond substituents is 1. The van der Waals surface area contributed by atoms with Crippen LogP contribution in [0.2, 0.25) is 18.1 Å². The fourth-order valence-corrected chi connectivity index (χ4v) is 6.47. The molecule has 0 aromatic heterocycles. The molecule has 2 aromatic carbocycles. The first-order valence-corrected chi connectivity index (χ1v) is 18.5. The number of benzene rings is 2. The van der Waals surface area contributed by atoms with Crippen molar-refractivity contribution in [1.29, 1.82) is 0 Å². The van der Waals surface area contributed by atoms with Crippen LogP contribution in [0.1, 0.15) is 110 Å². The maximum Gasteiger partial charge on any atom is 0.312 e. The van der Waals surface area contributed by atoms with Gasteiger partial charge in [0, 0.05) is 36.3 Å². The van der Waals surface area contributed by atoms with Gasteiger partial charge >= 0.3 is 6.03 Å². The molecule has 0 heterocycles. The van der Waals surface area contributed by atoms with Crippen molar-refractivity contribution in [1.82, 2.24) is 10.2 Å². The highest BCUT2D eigenvalue weighted by Crippen LogP contribution is 2.40. The van der Waals surface area contributed by atoms with Crippen molar-refractivity contribution in [3.63, 3.8) is 0 Å². The number of hydrogen-bond acceptors (Lipinski definition) is 4. The van der Waals surface area contributed by atoms with Crippen LogP contribution in [0.25, 0.3) is 0 Å². The van der Waals surface area contributed by atoms with E-state index in [0.717, 1.165) is 37.0 Å². The highest BCUT2D eigenvalue weighted by Gasteiger charge is 2.40. The third-order valence-corrected chi connectivity index (χ3v) is 13.7. The molecule has 0 bridgehead atoms. The van der Waals surface area contributed by atoms with Crippen LogP contribution in [0.15, 0.2) is 36.4 Å². The maximum absolute atomic E-state index is 11.5. The van der Waals surface area contributed by atoms with E-state index in [9.17, 15) is 9.90 Å². The number of primary amides is 1. The lowest BCUT2D eigenvalue weighted by Crippen LogP contribution is -2.45. The molecular weight excluding hydrogens is 538 g/mol. The van der Waals surface area contributed by atoms with E-state index >= 15 is 0 Å². The molecule has 0 unspecified atom stereocenters. The summed E-state index contributed by atoms with van der Waals surface area (Å²) >= 11 is 0. The van der Waals surface area contributed by atoms with Crippen molar-refractivity contribution in [2.45, 2.75) is 142 Å². The molecule has 1 aliphatic rings. The lowest BCUT2D eigenvalue weighted by atomic mass is 9.85. The Labute approximate surface area is 256 Å². The van der Waals surface area contributed by atoms with Gasteiger partial charge in [0.15, 0.2) is 0 Å². The van der Waals surface area contributed by atoms with Crippen LogP contribution in [0.3, 0.4) is 0 Å². The third-order valence-electron chi connectivity index (χ3n) is 9.35. The lowest BCUT2D eigenvalue weighted by molar-refractivity contribution is 0.127. The largest absolute Gasteiger partial charge is 0.543 e. The number of carbonyl (C=O) groups is 1. The molecule has 0 aliphatic heterocycles. The minimum atomic E-state index is -2.08. The average Bonchev–Trinajstić information content (AvgIpc) is 2.83. The Kier molecular flexibility index (Phi) is 10.2. The predicted molar refractivity (Wildman–Crippen MR) is 178 cm³/mol. The predicted octanol–water partition coefficient (Wildman–Crippen LogP) is 8.35. The van der Waals surface area contributed by atoms with Crippen molar-refractivity contribution in [3.05, 3.63) is 58.7 Å². The summed E-state index contributed by atoms with van der Waals surface area (Å²) in [6.07, 6.45) is 3.66. The Morgan fingerprint density at radius 3 is 1.88 bits per heavy atom. The summed E-state index contributed by atoms with van der Waals surface area (Å²) in [4.78, 5) is 14.0. The molecule has 0 atom stereocenters. The van der Waals surface area contributed by atoms with Gasteiger partial charge in [0.05, 0.1) is 0 Å².